The van der Waals surface area contributed by atoms with E-state index in [1.54, 1.807) is 0 Å². The second-order valence-corrected chi connectivity index (χ2v) is 6.33. The molecule has 1 saturated carbocycles. The first-order valence-corrected chi connectivity index (χ1v) is 8.88. The van der Waals surface area contributed by atoms with E-state index in [4.69, 9.17) is 0 Å². The lowest BCUT2D eigenvalue weighted by molar-refractivity contribution is 0.404. The largest absolute Gasteiger partial charge is 0.316 e. The molecule has 0 aliphatic heterocycles. The van der Waals surface area contributed by atoms with Gasteiger partial charge < -0.3 is 5.32 Å². The fourth-order valence-corrected chi connectivity index (χ4v) is 3.23. The molecule has 0 saturated heterocycles. The van der Waals surface area contributed by atoms with Gasteiger partial charge in [0.05, 0.1) is 0 Å². The van der Waals surface area contributed by atoms with Gasteiger partial charge in [-0.15, -0.1) is 0 Å². The predicted molar refractivity (Wildman–Crippen MR) is 85.6 cm³/mol. The lowest BCUT2D eigenvalue weighted by Gasteiger charge is -2.13. The van der Waals surface area contributed by atoms with Crippen molar-refractivity contribution in [3.8, 4) is 0 Å². The molecule has 0 radical (unpaired) electrons. The van der Waals surface area contributed by atoms with Crippen LogP contribution in [0.3, 0.4) is 0 Å². The normalized spacial score (nSPS) is 17.8. The SMILES string of the molecule is SCCNCCCCCCCC1CCCCCC1. The van der Waals surface area contributed by atoms with Crippen LogP contribution in [0.4, 0.5) is 0 Å². The van der Waals surface area contributed by atoms with Gasteiger partial charge in [0.15, 0.2) is 0 Å². The summed E-state index contributed by atoms with van der Waals surface area (Å²) in [7, 11) is 0. The van der Waals surface area contributed by atoms with Crippen molar-refractivity contribution in [3.05, 3.63) is 0 Å². The van der Waals surface area contributed by atoms with Gasteiger partial charge in [0.1, 0.15) is 0 Å². The smallest absolute Gasteiger partial charge is 0.00397 e. The van der Waals surface area contributed by atoms with E-state index in [0.29, 0.717) is 0 Å². The molecule has 0 bridgehead atoms. The second kappa shape index (κ2) is 12.3. The topological polar surface area (TPSA) is 12.0 Å². The van der Waals surface area contributed by atoms with E-state index in [1.165, 1.54) is 83.6 Å². The van der Waals surface area contributed by atoms with E-state index in [1.807, 2.05) is 0 Å². The molecular weight excluding hydrogens is 238 g/mol. The summed E-state index contributed by atoms with van der Waals surface area (Å²) >= 11 is 4.19. The molecule has 0 aromatic carbocycles. The van der Waals surface area contributed by atoms with E-state index >= 15 is 0 Å². The summed E-state index contributed by atoms with van der Waals surface area (Å²) in [6, 6.07) is 0. The number of thiol groups is 1. The zero-order valence-electron chi connectivity index (χ0n) is 12.1. The van der Waals surface area contributed by atoms with E-state index in [0.717, 1.165) is 18.2 Å². The maximum Gasteiger partial charge on any atom is 0.00397 e. The highest BCUT2D eigenvalue weighted by Crippen LogP contribution is 2.27. The Kier molecular flexibility index (Phi) is 11.2. The molecule has 1 N–H and O–H groups in total. The zero-order chi connectivity index (χ0) is 12.9. The molecule has 1 aliphatic carbocycles. The molecule has 18 heavy (non-hydrogen) atoms. The first kappa shape index (κ1) is 16.4. The predicted octanol–water partition coefficient (Wildman–Crippen LogP) is 4.82. The molecule has 0 atom stereocenters. The average Bonchev–Trinajstić information content (AvgIpc) is 2.65. The van der Waals surface area contributed by atoms with Crippen LogP contribution < -0.4 is 5.32 Å². The minimum atomic E-state index is 0.960. The summed E-state index contributed by atoms with van der Waals surface area (Å²) in [6.45, 7) is 2.24. The van der Waals surface area contributed by atoms with Gasteiger partial charge in [0.2, 0.25) is 0 Å². The van der Waals surface area contributed by atoms with Crippen LogP contribution in [0.1, 0.15) is 77.0 Å². The number of hydrogen-bond acceptors (Lipinski definition) is 2. The van der Waals surface area contributed by atoms with Gasteiger partial charge in [-0.25, -0.2) is 0 Å². The van der Waals surface area contributed by atoms with Crippen LogP contribution in [-0.4, -0.2) is 18.8 Å². The quantitative estimate of drug-likeness (QED) is 0.330. The Hall–Kier alpha value is 0.310. The highest BCUT2D eigenvalue weighted by molar-refractivity contribution is 7.80. The van der Waals surface area contributed by atoms with E-state index in [-0.39, 0.29) is 0 Å². The van der Waals surface area contributed by atoms with E-state index < -0.39 is 0 Å². The number of nitrogens with one attached hydrogen (secondary N) is 1. The minimum absolute atomic E-state index is 0.960. The van der Waals surface area contributed by atoms with Gasteiger partial charge in [-0.05, 0) is 18.9 Å². The molecule has 0 heterocycles. The number of unbranched alkanes of at least 4 members (excludes halogenated alkanes) is 4. The molecule has 1 nitrogen and oxygen atoms in total. The first-order chi connectivity index (χ1) is 8.93. The van der Waals surface area contributed by atoms with Crippen molar-refractivity contribution in [1.82, 2.24) is 5.32 Å². The van der Waals surface area contributed by atoms with Crippen molar-refractivity contribution in [2.75, 3.05) is 18.8 Å². The second-order valence-electron chi connectivity index (χ2n) is 5.89. The van der Waals surface area contributed by atoms with Crippen LogP contribution in [0.25, 0.3) is 0 Å². The van der Waals surface area contributed by atoms with Crippen LogP contribution in [-0.2, 0) is 0 Å². The Labute approximate surface area is 120 Å². The maximum absolute atomic E-state index is 4.19. The third-order valence-corrected chi connectivity index (χ3v) is 4.45. The highest BCUT2D eigenvalue weighted by atomic mass is 32.1. The maximum atomic E-state index is 4.19. The number of hydrogen-bond donors (Lipinski definition) is 2. The standard InChI is InChI=1S/C16H33NS/c18-15-14-17-13-9-5-1-2-6-10-16-11-7-3-4-8-12-16/h16-18H,1-15H2. The third kappa shape index (κ3) is 9.27. The van der Waals surface area contributed by atoms with Crippen LogP contribution in [0, 0.1) is 5.92 Å². The van der Waals surface area contributed by atoms with Gasteiger partial charge in [-0.2, -0.15) is 12.6 Å². The monoisotopic (exact) mass is 271 g/mol. The highest BCUT2D eigenvalue weighted by Gasteiger charge is 2.11. The fraction of sp³-hybridized carbons (Fsp3) is 1.00. The summed E-state index contributed by atoms with van der Waals surface area (Å²) in [6.07, 6.45) is 17.7. The molecule has 0 amide bonds. The summed E-state index contributed by atoms with van der Waals surface area (Å²) < 4.78 is 0. The summed E-state index contributed by atoms with van der Waals surface area (Å²) in [5.74, 6) is 2.03. The van der Waals surface area contributed by atoms with Crippen molar-refractivity contribution in [1.29, 1.82) is 0 Å². The third-order valence-electron chi connectivity index (χ3n) is 4.23. The molecule has 1 rings (SSSR count). The van der Waals surface area contributed by atoms with E-state index in [2.05, 4.69) is 17.9 Å². The molecular formula is C16H33NS. The molecule has 0 aromatic rings. The molecule has 1 aliphatic rings. The fourth-order valence-electron chi connectivity index (χ4n) is 3.07. The van der Waals surface area contributed by atoms with Crippen molar-refractivity contribution < 1.29 is 0 Å². The van der Waals surface area contributed by atoms with Crippen LogP contribution >= 0.6 is 12.6 Å². The van der Waals surface area contributed by atoms with Crippen molar-refractivity contribution >= 4 is 12.6 Å². The molecule has 108 valence electrons. The molecule has 0 spiro atoms. The lowest BCUT2D eigenvalue weighted by atomic mass is 9.93. The molecule has 0 aromatic heterocycles. The summed E-state index contributed by atoms with van der Waals surface area (Å²) in [4.78, 5) is 0. The lowest BCUT2D eigenvalue weighted by Crippen LogP contribution is -2.17. The Morgan fingerprint density at radius 3 is 2.17 bits per heavy atom. The van der Waals surface area contributed by atoms with Crippen LogP contribution in [0.15, 0.2) is 0 Å². The van der Waals surface area contributed by atoms with Gasteiger partial charge in [-0.3, -0.25) is 0 Å². The molecule has 0 unspecified atom stereocenters. The summed E-state index contributed by atoms with van der Waals surface area (Å²) in [5.41, 5.74) is 0. The first-order valence-electron chi connectivity index (χ1n) is 8.25. The van der Waals surface area contributed by atoms with Crippen LogP contribution in [0.2, 0.25) is 0 Å². The van der Waals surface area contributed by atoms with E-state index in [9.17, 15) is 0 Å². The van der Waals surface area contributed by atoms with Gasteiger partial charge in [-0.1, -0.05) is 70.6 Å². The Morgan fingerprint density at radius 2 is 1.44 bits per heavy atom. The summed E-state index contributed by atoms with van der Waals surface area (Å²) in [5, 5.41) is 3.41. The van der Waals surface area contributed by atoms with Gasteiger partial charge in [0, 0.05) is 12.3 Å². The van der Waals surface area contributed by atoms with Crippen molar-refractivity contribution in [2.24, 2.45) is 5.92 Å². The van der Waals surface area contributed by atoms with Gasteiger partial charge in [0.25, 0.3) is 0 Å². The zero-order valence-corrected chi connectivity index (χ0v) is 13.0. The Balaban J connectivity index is 1.80. The minimum Gasteiger partial charge on any atom is -0.316 e. The van der Waals surface area contributed by atoms with Crippen molar-refractivity contribution in [2.45, 2.75) is 77.0 Å². The average molecular weight is 272 g/mol. The molecule has 2 heteroatoms. The number of rotatable bonds is 10. The van der Waals surface area contributed by atoms with Crippen molar-refractivity contribution in [3.63, 3.8) is 0 Å². The Morgan fingerprint density at radius 1 is 0.778 bits per heavy atom. The van der Waals surface area contributed by atoms with Crippen LogP contribution in [0.5, 0.6) is 0 Å². The van der Waals surface area contributed by atoms with Gasteiger partial charge >= 0.3 is 0 Å². The molecule has 1 fully saturated rings. The Bertz CT molecular complexity index is 164.